The number of aliphatic hydroxyl groups excluding tert-OH is 4. The Morgan fingerprint density at radius 1 is 1.00 bits per heavy atom. The van der Waals surface area contributed by atoms with Gasteiger partial charge in [0.05, 0.1) is 12.6 Å². The third kappa shape index (κ3) is 3.73. The van der Waals surface area contributed by atoms with Gasteiger partial charge in [0, 0.05) is 24.6 Å². The van der Waals surface area contributed by atoms with Crippen LogP contribution in [0.2, 0.25) is 0 Å². The molecule has 4 N–H and O–H groups in total. The van der Waals surface area contributed by atoms with E-state index in [0.29, 0.717) is 24.6 Å². The lowest BCUT2D eigenvalue weighted by Gasteiger charge is -2.45. The Balaban J connectivity index is 2.78. The van der Waals surface area contributed by atoms with Crippen molar-refractivity contribution in [1.29, 1.82) is 0 Å². The average Bonchev–Trinajstić information content (AvgIpc) is 2.34. The monoisotopic (exact) mass is 299 g/mol. The van der Waals surface area contributed by atoms with Gasteiger partial charge in [-0.3, -0.25) is 4.90 Å². The number of rotatable bonds is 6. The van der Waals surface area contributed by atoms with Crippen LogP contribution in [-0.2, 0) is 4.74 Å². The molecule has 1 aliphatic heterocycles. The Morgan fingerprint density at radius 3 is 2.00 bits per heavy atom. The van der Waals surface area contributed by atoms with Gasteiger partial charge in [0.1, 0.15) is 18.3 Å². The van der Waals surface area contributed by atoms with Crippen molar-refractivity contribution in [2.24, 2.45) is 0 Å². The number of ether oxygens (including phenoxy) is 1. The highest BCUT2D eigenvalue weighted by Crippen LogP contribution is 2.24. The van der Waals surface area contributed by atoms with Crippen LogP contribution < -0.4 is 0 Å². The van der Waals surface area contributed by atoms with Gasteiger partial charge in [-0.05, 0) is 0 Å². The topological polar surface area (TPSA) is 93.4 Å². The molecule has 0 amide bonds. The van der Waals surface area contributed by atoms with E-state index in [1.54, 1.807) is 4.90 Å². The molecule has 0 bridgehead atoms. The molecular weight excluding hydrogens is 278 g/mol. The molecule has 0 aromatic heterocycles. The molecule has 0 spiro atoms. The molecule has 0 saturated carbocycles. The molecule has 1 saturated heterocycles. The number of thiol groups is 2. The summed E-state index contributed by atoms with van der Waals surface area (Å²) in [5, 5.41) is 38.7. The summed E-state index contributed by atoms with van der Waals surface area (Å²) in [4.78, 5) is 1.77. The molecule has 5 atom stereocenters. The molecule has 1 heterocycles. The fourth-order valence-electron chi connectivity index (χ4n) is 2.14. The van der Waals surface area contributed by atoms with Crippen molar-refractivity contribution in [3.05, 3.63) is 0 Å². The summed E-state index contributed by atoms with van der Waals surface area (Å²) in [6, 6.07) is -0.748. The van der Waals surface area contributed by atoms with Gasteiger partial charge >= 0.3 is 0 Å². The minimum absolute atomic E-state index is 0.457. The molecule has 108 valence electrons. The Morgan fingerprint density at radius 2 is 1.56 bits per heavy atom. The predicted octanol–water partition coefficient (Wildman–Crippen LogP) is -2.05. The Labute approximate surface area is 117 Å². The Hall–Kier alpha value is 0.460. The first-order valence-electron chi connectivity index (χ1n) is 5.83. The van der Waals surface area contributed by atoms with Crippen LogP contribution in [-0.4, -0.2) is 87.2 Å². The molecule has 0 aliphatic carbocycles. The maximum atomic E-state index is 10.0. The van der Waals surface area contributed by atoms with Crippen LogP contribution in [0.15, 0.2) is 0 Å². The molecule has 8 heteroatoms. The first kappa shape index (κ1) is 16.5. The third-order valence-corrected chi connectivity index (χ3v) is 3.46. The van der Waals surface area contributed by atoms with E-state index in [4.69, 9.17) is 9.84 Å². The highest BCUT2D eigenvalue weighted by Gasteiger charge is 2.45. The molecule has 0 unspecified atom stereocenters. The van der Waals surface area contributed by atoms with E-state index < -0.39 is 37.3 Å². The molecule has 1 rings (SSSR count). The number of hydrogen-bond donors (Lipinski definition) is 6. The minimum atomic E-state index is -1.26. The maximum absolute atomic E-state index is 10.0. The van der Waals surface area contributed by atoms with Crippen molar-refractivity contribution in [3.63, 3.8) is 0 Å². The lowest BCUT2D eigenvalue weighted by Crippen LogP contribution is -2.64. The summed E-state index contributed by atoms with van der Waals surface area (Å²) in [7, 11) is 0. The minimum Gasteiger partial charge on any atom is -0.394 e. The second-order valence-corrected chi connectivity index (χ2v) is 5.10. The molecule has 0 radical (unpaired) electrons. The fraction of sp³-hybridized carbons (Fsp3) is 1.00. The highest BCUT2D eigenvalue weighted by atomic mass is 32.1. The Bertz CT molecular complexity index is 242. The molecule has 6 nitrogen and oxygen atoms in total. The van der Waals surface area contributed by atoms with Crippen molar-refractivity contribution >= 4 is 25.3 Å². The standard InChI is InChI=1S/C10H21NO5S2/c12-5-6-8(13)9(14)7(10(15)16-6)11(1-3-17)2-4-18/h6-10,12-15,17-18H,1-5H2/t6-,7-,8-,9-,10-/m0/s1. The van der Waals surface area contributed by atoms with Crippen LogP contribution in [0, 0.1) is 0 Å². The van der Waals surface area contributed by atoms with Crippen molar-refractivity contribution in [1.82, 2.24) is 4.90 Å². The van der Waals surface area contributed by atoms with E-state index in [2.05, 4.69) is 25.3 Å². The SMILES string of the molecule is OC[C@@H]1O[C@H](O)[C@@H](N(CCS)CCS)[C@H](O)[C@H]1O. The summed E-state index contributed by atoms with van der Waals surface area (Å²) >= 11 is 8.23. The van der Waals surface area contributed by atoms with E-state index in [1.807, 2.05) is 0 Å². The zero-order valence-electron chi connectivity index (χ0n) is 9.96. The van der Waals surface area contributed by atoms with E-state index in [0.717, 1.165) is 0 Å². The van der Waals surface area contributed by atoms with Gasteiger partial charge in [-0.15, -0.1) is 0 Å². The molecule has 0 aromatic rings. The number of aliphatic hydroxyl groups is 4. The van der Waals surface area contributed by atoms with Crippen LogP contribution in [0.4, 0.5) is 0 Å². The van der Waals surface area contributed by atoms with Gasteiger partial charge in [0.2, 0.25) is 0 Å². The maximum Gasteiger partial charge on any atom is 0.173 e. The second-order valence-electron chi connectivity index (χ2n) is 4.20. The van der Waals surface area contributed by atoms with Gasteiger partial charge in [-0.1, -0.05) is 0 Å². The molecule has 0 aromatic carbocycles. The first-order valence-corrected chi connectivity index (χ1v) is 7.09. The van der Waals surface area contributed by atoms with E-state index in [1.165, 1.54) is 0 Å². The van der Waals surface area contributed by atoms with Crippen molar-refractivity contribution in [2.45, 2.75) is 30.6 Å². The summed E-state index contributed by atoms with van der Waals surface area (Å²) in [5.74, 6) is 1.09. The highest BCUT2D eigenvalue weighted by molar-refractivity contribution is 7.80. The summed E-state index contributed by atoms with van der Waals surface area (Å²) in [5.41, 5.74) is 0. The lowest BCUT2D eigenvalue weighted by atomic mass is 9.96. The fourth-order valence-corrected chi connectivity index (χ4v) is 2.66. The second kappa shape index (κ2) is 7.91. The summed E-state index contributed by atoms with van der Waals surface area (Å²) in [6.07, 6.45) is -4.66. The van der Waals surface area contributed by atoms with Crippen LogP contribution in [0.1, 0.15) is 0 Å². The molecule has 1 aliphatic rings. The van der Waals surface area contributed by atoms with Crippen LogP contribution in [0.25, 0.3) is 0 Å². The van der Waals surface area contributed by atoms with Gasteiger partial charge in [-0.25, -0.2) is 0 Å². The van der Waals surface area contributed by atoms with Gasteiger partial charge in [-0.2, -0.15) is 25.3 Å². The van der Waals surface area contributed by atoms with Gasteiger partial charge in [0.25, 0.3) is 0 Å². The molecular formula is C10H21NO5S2. The average molecular weight is 299 g/mol. The van der Waals surface area contributed by atoms with Gasteiger partial charge in [0.15, 0.2) is 6.29 Å². The summed E-state index contributed by atoms with van der Waals surface area (Å²) < 4.78 is 5.11. The first-order chi connectivity index (χ1) is 8.56. The number of hydrogen-bond acceptors (Lipinski definition) is 8. The van der Waals surface area contributed by atoms with E-state index >= 15 is 0 Å². The van der Waals surface area contributed by atoms with Crippen molar-refractivity contribution in [3.8, 4) is 0 Å². The predicted molar refractivity (Wildman–Crippen MR) is 73.0 cm³/mol. The quantitative estimate of drug-likeness (QED) is 0.316. The molecule has 18 heavy (non-hydrogen) atoms. The van der Waals surface area contributed by atoms with Crippen LogP contribution in [0.5, 0.6) is 0 Å². The number of nitrogens with zero attached hydrogens (tertiary/aromatic N) is 1. The molecule has 1 fully saturated rings. The normalized spacial score (nSPS) is 37.2. The van der Waals surface area contributed by atoms with E-state index in [-0.39, 0.29) is 0 Å². The zero-order valence-corrected chi connectivity index (χ0v) is 11.7. The largest absolute Gasteiger partial charge is 0.394 e. The lowest BCUT2D eigenvalue weighted by molar-refractivity contribution is -0.271. The van der Waals surface area contributed by atoms with Crippen molar-refractivity contribution < 1.29 is 25.2 Å². The third-order valence-electron chi connectivity index (χ3n) is 3.06. The Kier molecular flexibility index (Phi) is 7.25. The van der Waals surface area contributed by atoms with Gasteiger partial charge < -0.3 is 25.2 Å². The van der Waals surface area contributed by atoms with Crippen LogP contribution in [0.3, 0.4) is 0 Å². The van der Waals surface area contributed by atoms with E-state index in [9.17, 15) is 15.3 Å². The summed E-state index contributed by atoms with van der Waals surface area (Å²) in [6.45, 7) is 0.603. The van der Waals surface area contributed by atoms with Crippen molar-refractivity contribution in [2.75, 3.05) is 31.2 Å². The smallest absolute Gasteiger partial charge is 0.173 e. The van der Waals surface area contributed by atoms with Crippen LogP contribution >= 0.6 is 25.3 Å². The zero-order chi connectivity index (χ0) is 13.7.